The maximum absolute atomic E-state index is 5.39. The SMILES string of the molecule is CCOc1ccc(NC(=S)NCCCN(C)C)cc1. The van der Waals surface area contributed by atoms with E-state index in [0.29, 0.717) is 11.7 Å². The molecule has 19 heavy (non-hydrogen) atoms. The van der Waals surface area contributed by atoms with Crippen molar-refractivity contribution in [3.8, 4) is 5.75 Å². The number of benzene rings is 1. The summed E-state index contributed by atoms with van der Waals surface area (Å²) in [7, 11) is 4.13. The first-order chi connectivity index (χ1) is 9.11. The number of rotatable bonds is 7. The van der Waals surface area contributed by atoms with E-state index in [2.05, 4.69) is 29.6 Å². The molecule has 0 unspecified atom stereocenters. The van der Waals surface area contributed by atoms with Crippen molar-refractivity contribution in [3.63, 3.8) is 0 Å². The number of nitrogens with zero attached hydrogens (tertiary/aromatic N) is 1. The smallest absolute Gasteiger partial charge is 0.170 e. The summed E-state index contributed by atoms with van der Waals surface area (Å²) < 4.78 is 5.39. The second-order valence-corrected chi connectivity index (χ2v) is 4.90. The van der Waals surface area contributed by atoms with Gasteiger partial charge < -0.3 is 20.3 Å². The summed E-state index contributed by atoms with van der Waals surface area (Å²) in [6, 6.07) is 7.78. The third-order valence-electron chi connectivity index (χ3n) is 2.49. The van der Waals surface area contributed by atoms with Crippen LogP contribution in [0.1, 0.15) is 13.3 Å². The molecule has 1 rings (SSSR count). The molecule has 0 aliphatic heterocycles. The van der Waals surface area contributed by atoms with Crippen molar-refractivity contribution in [2.75, 3.05) is 39.1 Å². The number of thiocarbonyl (C=S) groups is 1. The normalized spacial score (nSPS) is 10.3. The molecule has 0 fully saturated rings. The highest BCUT2D eigenvalue weighted by Gasteiger charge is 1.98. The van der Waals surface area contributed by atoms with Crippen molar-refractivity contribution >= 4 is 23.0 Å². The Hall–Kier alpha value is -1.33. The van der Waals surface area contributed by atoms with Gasteiger partial charge in [-0.3, -0.25) is 0 Å². The van der Waals surface area contributed by atoms with Gasteiger partial charge in [-0.05, 0) is 70.5 Å². The van der Waals surface area contributed by atoms with Gasteiger partial charge in [0, 0.05) is 12.2 Å². The van der Waals surface area contributed by atoms with E-state index in [1.165, 1.54) is 0 Å². The molecule has 0 spiro atoms. The minimum Gasteiger partial charge on any atom is -0.494 e. The lowest BCUT2D eigenvalue weighted by atomic mass is 10.3. The summed E-state index contributed by atoms with van der Waals surface area (Å²) in [5.74, 6) is 0.873. The van der Waals surface area contributed by atoms with Crippen LogP contribution in [0.3, 0.4) is 0 Å². The highest BCUT2D eigenvalue weighted by molar-refractivity contribution is 7.80. The van der Waals surface area contributed by atoms with E-state index >= 15 is 0 Å². The van der Waals surface area contributed by atoms with Crippen molar-refractivity contribution in [3.05, 3.63) is 24.3 Å². The van der Waals surface area contributed by atoms with Crippen LogP contribution in [0.4, 0.5) is 5.69 Å². The zero-order valence-corrected chi connectivity index (χ0v) is 12.7. The van der Waals surface area contributed by atoms with Gasteiger partial charge in [0.1, 0.15) is 5.75 Å². The van der Waals surface area contributed by atoms with Gasteiger partial charge in [-0.15, -0.1) is 0 Å². The first-order valence-corrected chi connectivity index (χ1v) is 6.95. The van der Waals surface area contributed by atoms with E-state index in [9.17, 15) is 0 Å². The number of hydrogen-bond donors (Lipinski definition) is 2. The van der Waals surface area contributed by atoms with Crippen LogP contribution in [-0.2, 0) is 0 Å². The standard InChI is InChI=1S/C14H23N3OS/c1-4-18-13-8-6-12(7-9-13)16-14(19)15-10-5-11-17(2)3/h6-9H,4-5,10-11H2,1-3H3,(H2,15,16,19). The van der Waals surface area contributed by atoms with Gasteiger partial charge in [0.25, 0.3) is 0 Å². The molecule has 106 valence electrons. The molecule has 1 aromatic rings. The molecular weight excluding hydrogens is 258 g/mol. The third kappa shape index (κ3) is 6.98. The van der Waals surface area contributed by atoms with Crippen LogP contribution in [0.2, 0.25) is 0 Å². The van der Waals surface area contributed by atoms with Crippen molar-refractivity contribution in [2.24, 2.45) is 0 Å². The zero-order chi connectivity index (χ0) is 14.1. The van der Waals surface area contributed by atoms with Gasteiger partial charge in [0.05, 0.1) is 6.61 Å². The molecule has 5 heteroatoms. The molecule has 0 aliphatic rings. The Morgan fingerprint density at radius 3 is 2.53 bits per heavy atom. The molecule has 0 radical (unpaired) electrons. The summed E-state index contributed by atoms with van der Waals surface area (Å²) in [5, 5.41) is 6.99. The van der Waals surface area contributed by atoms with Crippen LogP contribution in [0.25, 0.3) is 0 Å². The monoisotopic (exact) mass is 281 g/mol. The summed E-state index contributed by atoms with van der Waals surface area (Å²) in [5.41, 5.74) is 0.966. The average molecular weight is 281 g/mol. The van der Waals surface area contributed by atoms with Crippen LogP contribution in [0.5, 0.6) is 5.75 Å². The topological polar surface area (TPSA) is 36.5 Å². The molecule has 2 N–H and O–H groups in total. The molecule has 0 bridgehead atoms. The molecule has 0 aliphatic carbocycles. The van der Waals surface area contributed by atoms with Gasteiger partial charge in [0.2, 0.25) is 0 Å². The van der Waals surface area contributed by atoms with Gasteiger partial charge in [-0.1, -0.05) is 0 Å². The predicted octanol–water partition coefficient (Wildman–Crippen LogP) is 2.32. The van der Waals surface area contributed by atoms with E-state index in [1.807, 2.05) is 31.2 Å². The van der Waals surface area contributed by atoms with Crippen molar-refractivity contribution in [2.45, 2.75) is 13.3 Å². The molecule has 1 aromatic carbocycles. The molecule has 0 heterocycles. The lowest BCUT2D eigenvalue weighted by Crippen LogP contribution is -2.30. The Labute approximate surface area is 121 Å². The maximum Gasteiger partial charge on any atom is 0.170 e. The van der Waals surface area contributed by atoms with Gasteiger partial charge in [-0.2, -0.15) is 0 Å². The van der Waals surface area contributed by atoms with Crippen molar-refractivity contribution in [1.29, 1.82) is 0 Å². The number of hydrogen-bond acceptors (Lipinski definition) is 3. The first kappa shape index (κ1) is 15.7. The number of ether oxygens (including phenoxy) is 1. The number of anilines is 1. The second-order valence-electron chi connectivity index (χ2n) is 4.50. The highest BCUT2D eigenvalue weighted by atomic mass is 32.1. The average Bonchev–Trinajstić information content (AvgIpc) is 2.37. The Morgan fingerprint density at radius 2 is 1.95 bits per heavy atom. The highest BCUT2D eigenvalue weighted by Crippen LogP contribution is 2.15. The summed E-state index contributed by atoms with van der Waals surface area (Å²) in [6.45, 7) is 4.58. The number of nitrogens with one attached hydrogen (secondary N) is 2. The van der Waals surface area contributed by atoms with E-state index < -0.39 is 0 Å². The molecule has 4 nitrogen and oxygen atoms in total. The molecular formula is C14H23N3OS. The Morgan fingerprint density at radius 1 is 1.26 bits per heavy atom. The van der Waals surface area contributed by atoms with Gasteiger partial charge in [-0.25, -0.2) is 0 Å². The van der Waals surface area contributed by atoms with Gasteiger partial charge in [0.15, 0.2) is 5.11 Å². The Kier molecular flexibility index (Phi) is 7.22. The third-order valence-corrected chi connectivity index (χ3v) is 2.74. The van der Waals surface area contributed by atoms with Crippen LogP contribution in [0, 0.1) is 0 Å². The van der Waals surface area contributed by atoms with Gasteiger partial charge >= 0.3 is 0 Å². The maximum atomic E-state index is 5.39. The fraction of sp³-hybridized carbons (Fsp3) is 0.500. The van der Waals surface area contributed by atoms with Crippen molar-refractivity contribution in [1.82, 2.24) is 10.2 Å². The van der Waals surface area contributed by atoms with Crippen LogP contribution in [0.15, 0.2) is 24.3 Å². The first-order valence-electron chi connectivity index (χ1n) is 6.54. The fourth-order valence-electron chi connectivity index (χ4n) is 1.57. The Balaban J connectivity index is 2.27. The summed E-state index contributed by atoms with van der Waals surface area (Å²) >= 11 is 5.23. The largest absolute Gasteiger partial charge is 0.494 e. The van der Waals surface area contributed by atoms with E-state index in [0.717, 1.165) is 30.9 Å². The van der Waals surface area contributed by atoms with E-state index in [1.54, 1.807) is 0 Å². The summed E-state index contributed by atoms with van der Waals surface area (Å²) in [4.78, 5) is 2.16. The summed E-state index contributed by atoms with van der Waals surface area (Å²) in [6.07, 6.45) is 1.07. The van der Waals surface area contributed by atoms with E-state index in [4.69, 9.17) is 17.0 Å². The second kappa shape index (κ2) is 8.72. The molecule has 0 amide bonds. The lowest BCUT2D eigenvalue weighted by Gasteiger charge is -2.13. The quantitative estimate of drug-likeness (QED) is 0.592. The molecule has 0 saturated carbocycles. The molecule has 0 atom stereocenters. The van der Waals surface area contributed by atoms with Crippen molar-refractivity contribution < 1.29 is 4.74 Å². The van der Waals surface area contributed by atoms with Crippen LogP contribution in [-0.4, -0.2) is 43.8 Å². The lowest BCUT2D eigenvalue weighted by molar-refractivity contribution is 0.340. The minimum absolute atomic E-state index is 0.655. The Bertz CT molecular complexity index is 379. The van der Waals surface area contributed by atoms with Crippen LogP contribution >= 0.6 is 12.2 Å². The minimum atomic E-state index is 0.655. The predicted molar refractivity (Wildman–Crippen MR) is 85.0 cm³/mol. The van der Waals surface area contributed by atoms with E-state index in [-0.39, 0.29) is 0 Å². The zero-order valence-electron chi connectivity index (χ0n) is 11.9. The molecule has 0 aromatic heterocycles. The van der Waals surface area contributed by atoms with Crippen LogP contribution < -0.4 is 15.4 Å². The molecule has 0 saturated heterocycles. The fourth-order valence-corrected chi connectivity index (χ4v) is 1.79.